The maximum Gasteiger partial charge on any atom is 0.132 e. The van der Waals surface area contributed by atoms with Crippen LogP contribution in [0.2, 0.25) is 0 Å². The molecule has 4 heteroatoms. The van der Waals surface area contributed by atoms with Gasteiger partial charge in [-0.15, -0.1) is 10.2 Å². The molecule has 0 aromatic carbocycles. The number of rotatable bonds is 6. The summed E-state index contributed by atoms with van der Waals surface area (Å²) in [6.07, 6.45) is 2.75. The third-order valence-corrected chi connectivity index (χ3v) is 2.83. The van der Waals surface area contributed by atoms with E-state index in [1.54, 1.807) is 6.33 Å². The lowest BCUT2D eigenvalue weighted by molar-refractivity contribution is 0.415. The second-order valence-electron chi connectivity index (χ2n) is 4.28. The fourth-order valence-electron chi connectivity index (χ4n) is 1.39. The highest BCUT2D eigenvalue weighted by Crippen LogP contribution is 2.00. The third kappa shape index (κ3) is 3.63. The lowest BCUT2D eigenvalue weighted by Gasteiger charge is -2.17. The monoisotopic (exact) mass is 210 g/mol. The zero-order valence-electron chi connectivity index (χ0n) is 10.2. The van der Waals surface area contributed by atoms with Crippen molar-refractivity contribution in [1.82, 2.24) is 20.1 Å². The van der Waals surface area contributed by atoms with E-state index in [1.165, 1.54) is 0 Å². The van der Waals surface area contributed by atoms with Gasteiger partial charge in [-0.25, -0.2) is 0 Å². The maximum absolute atomic E-state index is 4.05. The van der Waals surface area contributed by atoms with Crippen LogP contribution in [0.5, 0.6) is 0 Å². The van der Waals surface area contributed by atoms with E-state index >= 15 is 0 Å². The van der Waals surface area contributed by atoms with Crippen LogP contribution in [-0.4, -0.2) is 27.4 Å². The summed E-state index contributed by atoms with van der Waals surface area (Å²) in [5, 5.41) is 11.5. The van der Waals surface area contributed by atoms with E-state index in [9.17, 15) is 0 Å². The van der Waals surface area contributed by atoms with Crippen LogP contribution in [0.4, 0.5) is 0 Å². The molecule has 0 fully saturated rings. The zero-order valence-corrected chi connectivity index (χ0v) is 10.2. The first-order chi connectivity index (χ1) is 7.15. The molecule has 4 nitrogen and oxygen atoms in total. The van der Waals surface area contributed by atoms with Crippen LogP contribution in [-0.2, 0) is 13.0 Å². The smallest absolute Gasteiger partial charge is 0.132 e. The molecule has 0 aliphatic carbocycles. The number of aryl methyl sites for hydroxylation is 1. The number of nitrogens with zero attached hydrogens (tertiary/aromatic N) is 3. The standard InChI is InChI=1S/C11H22N4/c1-5-11-14-13-8-15(11)7-6-12-10(4)9(2)3/h8-10,12H,5-7H2,1-4H3. The zero-order chi connectivity index (χ0) is 11.3. The topological polar surface area (TPSA) is 42.7 Å². The summed E-state index contributed by atoms with van der Waals surface area (Å²) in [5.74, 6) is 1.74. The Morgan fingerprint density at radius 2 is 2.13 bits per heavy atom. The maximum atomic E-state index is 4.05. The van der Waals surface area contributed by atoms with Gasteiger partial charge < -0.3 is 9.88 Å². The summed E-state index contributed by atoms with van der Waals surface area (Å²) in [5.41, 5.74) is 0. The minimum atomic E-state index is 0.562. The van der Waals surface area contributed by atoms with Crippen molar-refractivity contribution < 1.29 is 0 Å². The normalized spacial score (nSPS) is 13.4. The Morgan fingerprint density at radius 3 is 2.73 bits per heavy atom. The summed E-state index contributed by atoms with van der Waals surface area (Å²) in [6, 6.07) is 0.562. The first-order valence-corrected chi connectivity index (χ1v) is 5.75. The van der Waals surface area contributed by atoms with E-state index in [0.717, 1.165) is 25.3 Å². The first-order valence-electron chi connectivity index (χ1n) is 5.75. The predicted molar refractivity (Wildman–Crippen MR) is 61.7 cm³/mol. The van der Waals surface area contributed by atoms with Crippen molar-refractivity contribution in [2.24, 2.45) is 5.92 Å². The van der Waals surface area contributed by atoms with E-state index in [4.69, 9.17) is 0 Å². The quantitative estimate of drug-likeness (QED) is 0.773. The highest BCUT2D eigenvalue weighted by molar-refractivity contribution is 4.84. The largest absolute Gasteiger partial charge is 0.316 e. The van der Waals surface area contributed by atoms with Crippen LogP contribution < -0.4 is 5.32 Å². The molecule has 1 rings (SSSR count). The van der Waals surface area contributed by atoms with Gasteiger partial charge in [0.05, 0.1) is 0 Å². The molecule has 0 saturated carbocycles. The van der Waals surface area contributed by atoms with E-state index < -0.39 is 0 Å². The van der Waals surface area contributed by atoms with Crippen molar-refractivity contribution in [1.29, 1.82) is 0 Å². The number of hydrogen-bond donors (Lipinski definition) is 1. The van der Waals surface area contributed by atoms with E-state index in [-0.39, 0.29) is 0 Å². The predicted octanol–water partition coefficient (Wildman–Crippen LogP) is 1.47. The van der Waals surface area contributed by atoms with Gasteiger partial charge in [0.2, 0.25) is 0 Å². The molecular formula is C11H22N4. The van der Waals surface area contributed by atoms with E-state index in [2.05, 4.69) is 47.8 Å². The molecule has 0 bridgehead atoms. The average Bonchev–Trinajstić information content (AvgIpc) is 2.65. The summed E-state index contributed by atoms with van der Waals surface area (Å²) in [6.45, 7) is 10.7. The van der Waals surface area contributed by atoms with Gasteiger partial charge in [0.1, 0.15) is 12.2 Å². The van der Waals surface area contributed by atoms with Gasteiger partial charge in [0.25, 0.3) is 0 Å². The van der Waals surface area contributed by atoms with Gasteiger partial charge >= 0.3 is 0 Å². The van der Waals surface area contributed by atoms with Gasteiger partial charge in [-0.1, -0.05) is 20.8 Å². The Labute approximate surface area is 92.1 Å². The molecule has 86 valence electrons. The average molecular weight is 210 g/mol. The molecule has 0 amide bonds. The lowest BCUT2D eigenvalue weighted by atomic mass is 10.1. The Hall–Kier alpha value is -0.900. The van der Waals surface area contributed by atoms with Crippen LogP contribution in [0.25, 0.3) is 0 Å². The van der Waals surface area contributed by atoms with E-state index in [1.807, 2.05) is 0 Å². The third-order valence-electron chi connectivity index (χ3n) is 2.83. The van der Waals surface area contributed by atoms with Crippen LogP contribution in [0.1, 0.15) is 33.5 Å². The summed E-state index contributed by atoms with van der Waals surface area (Å²) in [4.78, 5) is 0. The van der Waals surface area contributed by atoms with Crippen molar-refractivity contribution in [3.05, 3.63) is 12.2 Å². The fraction of sp³-hybridized carbons (Fsp3) is 0.818. The molecule has 1 atom stereocenters. The summed E-state index contributed by atoms with van der Waals surface area (Å²) in [7, 11) is 0. The Balaban J connectivity index is 2.31. The van der Waals surface area contributed by atoms with Crippen LogP contribution >= 0.6 is 0 Å². The molecule has 15 heavy (non-hydrogen) atoms. The number of hydrogen-bond acceptors (Lipinski definition) is 3. The molecule has 1 N–H and O–H groups in total. The van der Waals surface area contributed by atoms with Crippen LogP contribution in [0.15, 0.2) is 6.33 Å². The van der Waals surface area contributed by atoms with Crippen molar-refractivity contribution in [2.75, 3.05) is 6.54 Å². The molecule has 1 heterocycles. The fourth-order valence-corrected chi connectivity index (χ4v) is 1.39. The molecular weight excluding hydrogens is 188 g/mol. The Bertz CT molecular complexity index is 280. The van der Waals surface area contributed by atoms with Crippen LogP contribution in [0, 0.1) is 5.92 Å². The van der Waals surface area contributed by atoms with Crippen molar-refractivity contribution in [2.45, 2.75) is 46.7 Å². The minimum Gasteiger partial charge on any atom is -0.316 e. The number of nitrogens with one attached hydrogen (secondary N) is 1. The second-order valence-corrected chi connectivity index (χ2v) is 4.28. The molecule has 0 aliphatic heterocycles. The molecule has 0 radical (unpaired) electrons. The Kier molecular flexibility index (Phi) is 4.75. The van der Waals surface area contributed by atoms with Crippen molar-refractivity contribution >= 4 is 0 Å². The van der Waals surface area contributed by atoms with Gasteiger partial charge in [-0.3, -0.25) is 0 Å². The molecule has 1 aromatic heterocycles. The lowest BCUT2D eigenvalue weighted by Crippen LogP contribution is -2.33. The highest BCUT2D eigenvalue weighted by atomic mass is 15.3. The molecule has 1 aromatic rings. The van der Waals surface area contributed by atoms with Crippen molar-refractivity contribution in [3.63, 3.8) is 0 Å². The second kappa shape index (κ2) is 5.85. The molecule has 0 spiro atoms. The first kappa shape index (κ1) is 12.2. The minimum absolute atomic E-state index is 0.562. The van der Waals surface area contributed by atoms with Gasteiger partial charge in [0.15, 0.2) is 0 Å². The number of aromatic nitrogens is 3. The Morgan fingerprint density at radius 1 is 1.40 bits per heavy atom. The van der Waals surface area contributed by atoms with Gasteiger partial charge in [-0.05, 0) is 12.8 Å². The van der Waals surface area contributed by atoms with E-state index in [0.29, 0.717) is 12.0 Å². The van der Waals surface area contributed by atoms with Crippen molar-refractivity contribution in [3.8, 4) is 0 Å². The molecule has 0 aliphatic rings. The molecule has 0 saturated heterocycles. The SMILES string of the molecule is CCc1nncn1CCNC(C)C(C)C. The molecule has 1 unspecified atom stereocenters. The summed E-state index contributed by atoms with van der Waals surface area (Å²) >= 11 is 0. The van der Waals surface area contributed by atoms with Crippen LogP contribution in [0.3, 0.4) is 0 Å². The highest BCUT2D eigenvalue weighted by Gasteiger charge is 2.06. The summed E-state index contributed by atoms with van der Waals surface area (Å²) < 4.78 is 2.11. The van der Waals surface area contributed by atoms with Gasteiger partial charge in [-0.2, -0.15) is 0 Å². The van der Waals surface area contributed by atoms with Gasteiger partial charge in [0, 0.05) is 25.6 Å².